The van der Waals surface area contributed by atoms with Gasteiger partial charge in [0.15, 0.2) is 11.5 Å². The van der Waals surface area contributed by atoms with Crippen molar-refractivity contribution in [3.05, 3.63) is 56.9 Å². The summed E-state index contributed by atoms with van der Waals surface area (Å²) in [5.41, 5.74) is 1.39. The van der Waals surface area contributed by atoms with Crippen LogP contribution in [0.2, 0.25) is 0 Å². The summed E-state index contributed by atoms with van der Waals surface area (Å²) in [4.78, 5) is 14.2. The molecule has 2 aromatic rings. The highest BCUT2D eigenvalue weighted by Gasteiger charge is 2.19. The van der Waals surface area contributed by atoms with Crippen molar-refractivity contribution in [3.63, 3.8) is 0 Å². The van der Waals surface area contributed by atoms with Crippen molar-refractivity contribution in [1.82, 2.24) is 4.90 Å². The van der Waals surface area contributed by atoms with Gasteiger partial charge in [0.2, 0.25) is 0 Å². The number of carbonyl (C=O) groups excluding carboxylic acids is 1. The van der Waals surface area contributed by atoms with E-state index in [0.717, 1.165) is 9.13 Å². The summed E-state index contributed by atoms with van der Waals surface area (Å²) < 4.78 is 24.2. The lowest BCUT2D eigenvalue weighted by Gasteiger charge is -2.19. The van der Waals surface area contributed by atoms with Crippen molar-refractivity contribution in [3.8, 4) is 11.5 Å². The van der Waals surface area contributed by atoms with Crippen LogP contribution in [0.5, 0.6) is 11.5 Å². The van der Waals surface area contributed by atoms with Crippen LogP contribution in [0, 0.1) is 9.39 Å². The molecule has 0 aliphatic carbocycles. The highest BCUT2D eigenvalue weighted by atomic mass is 127. The summed E-state index contributed by atoms with van der Waals surface area (Å²) in [6, 6.07) is 9.53. The highest BCUT2D eigenvalue weighted by Crippen LogP contribution is 2.31. The molecule has 0 saturated carbocycles. The minimum Gasteiger partial charge on any atom is -0.493 e. The summed E-state index contributed by atoms with van der Waals surface area (Å²) in [7, 11) is 4.79. The first kappa shape index (κ1) is 17.5. The van der Waals surface area contributed by atoms with Gasteiger partial charge in [-0.1, -0.05) is 12.1 Å². The average Bonchev–Trinajstić information content (AvgIpc) is 2.55. The molecule has 0 aliphatic heterocycles. The topological polar surface area (TPSA) is 38.8 Å². The lowest BCUT2D eigenvalue weighted by molar-refractivity contribution is 0.0783. The molecule has 0 radical (unpaired) electrons. The van der Waals surface area contributed by atoms with E-state index < -0.39 is 0 Å². The Kier molecular flexibility index (Phi) is 5.81. The van der Waals surface area contributed by atoms with E-state index in [9.17, 15) is 9.18 Å². The van der Waals surface area contributed by atoms with Crippen molar-refractivity contribution in [1.29, 1.82) is 0 Å². The van der Waals surface area contributed by atoms with E-state index in [1.807, 2.05) is 0 Å². The second-order valence-electron chi connectivity index (χ2n) is 4.97. The fourth-order valence-electron chi connectivity index (χ4n) is 2.16. The molecule has 2 rings (SSSR count). The van der Waals surface area contributed by atoms with E-state index in [4.69, 9.17) is 9.47 Å². The Labute approximate surface area is 148 Å². The molecule has 0 bridgehead atoms. The van der Waals surface area contributed by atoms with Gasteiger partial charge in [0.05, 0.1) is 19.8 Å². The van der Waals surface area contributed by atoms with Crippen LogP contribution in [0.3, 0.4) is 0 Å². The van der Waals surface area contributed by atoms with Crippen LogP contribution in [0.15, 0.2) is 36.4 Å². The maximum absolute atomic E-state index is 12.9. The van der Waals surface area contributed by atoms with Crippen molar-refractivity contribution in [2.45, 2.75) is 6.54 Å². The van der Waals surface area contributed by atoms with Crippen LogP contribution >= 0.6 is 22.6 Å². The first-order valence-electron chi connectivity index (χ1n) is 6.87. The molecule has 0 fully saturated rings. The average molecular weight is 429 g/mol. The number of methoxy groups -OCH3 is 2. The smallest absolute Gasteiger partial charge is 0.255 e. The minimum absolute atomic E-state index is 0.139. The molecule has 0 atom stereocenters. The molecule has 0 saturated heterocycles. The van der Waals surface area contributed by atoms with E-state index in [2.05, 4.69) is 22.6 Å². The summed E-state index contributed by atoms with van der Waals surface area (Å²) in [5, 5.41) is 0. The van der Waals surface area contributed by atoms with Gasteiger partial charge in [0, 0.05) is 17.2 Å². The van der Waals surface area contributed by atoms with E-state index in [1.54, 1.807) is 43.3 Å². The normalized spacial score (nSPS) is 10.3. The van der Waals surface area contributed by atoms with Crippen molar-refractivity contribution in [2.24, 2.45) is 0 Å². The van der Waals surface area contributed by atoms with Gasteiger partial charge in [-0.05, 0) is 52.4 Å². The molecule has 0 heterocycles. The minimum atomic E-state index is -0.294. The Hall–Kier alpha value is -1.83. The van der Waals surface area contributed by atoms with Gasteiger partial charge in [-0.3, -0.25) is 4.79 Å². The molecule has 0 aliphatic rings. The standard InChI is InChI=1S/C17H17FINO3/c1-20(10-11-4-6-12(18)7-5-11)17(21)13-8-15(22-2)16(23-3)9-14(13)19/h4-9H,10H2,1-3H3. The quantitative estimate of drug-likeness (QED) is 0.681. The molecule has 4 nitrogen and oxygen atoms in total. The highest BCUT2D eigenvalue weighted by molar-refractivity contribution is 14.1. The number of carbonyl (C=O) groups is 1. The number of nitrogens with zero attached hydrogens (tertiary/aromatic N) is 1. The third-order valence-electron chi connectivity index (χ3n) is 3.38. The lowest BCUT2D eigenvalue weighted by atomic mass is 10.1. The Morgan fingerprint density at radius 1 is 1.13 bits per heavy atom. The number of hydrogen-bond acceptors (Lipinski definition) is 3. The van der Waals surface area contributed by atoms with E-state index in [0.29, 0.717) is 23.6 Å². The summed E-state index contributed by atoms with van der Waals surface area (Å²) in [6.45, 7) is 0.392. The van der Waals surface area contributed by atoms with Gasteiger partial charge in [0.1, 0.15) is 5.82 Å². The monoisotopic (exact) mass is 429 g/mol. The summed E-state index contributed by atoms with van der Waals surface area (Å²) >= 11 is 2.09. The molecule has 0 aromatic heterocycles. The SMILES string of the molecule is COc1cc(I)c(C(=O)N(C)Cc2ccc(F)cc2)cc1OC. The van der Waals surface area contributed by atoms with Crippen molar-refractivity contribution < 1.29 is 18.7 Å². The zero-order valence-corrected chi connectivity index (χ0v) is 15.3. The molecular weight excluding hydrogens is 412 g/mol. The van der Waals surface area contributed by atoms with Gasteiger partial charge in [-0.2, -0.15) is 0 Å². The van der Waals surface area contributed by atoms with Gasteiger partial charge >= 0.3 is 0 Å². The van der Waals surface area contributed by atoms with Gasteiger partial charge in [-0.15, -0.1) is 0 Å². The Morgan fingerprint density at radius 2 is 1.70 bits per heavy atom. The second-order valence-corrected chi connectivity index (χ2v) is 6.14. The molecular formula is C17H17FINO3. The van der Waals surface area contributed by atoms with Crippen LogP contribution in [-0.4, -0.2) is 32.1 Å². The predicted octanol–water partition coefficient (Wildman–Crippen LogP) is 3.72. The van der Waals surface area contributed by atoms with E-state index in [-0.39, 0.29) is 11.7 Å². The fraction of sp³-hybridized carbons (Fsp3) is 0.235. The second kappa shape index (κ2) is 7.63. The molecule has 6 heteroatoms. The number of ether oxygens (including phenoxy) is 2. The first-order valence-corrected chi connectivity index (χ1v) is 7.95. The van der Waals surface area contributed by atoms with Crippen LogP contribution in [0.25, 0.3) is 0 Å². The Bertz CT molecular complexity index is 704. The van der Waals surface area contributed by atoms with Crippen LogP contribution in [0.4, 0.5) is 4.39 Å². The van der Waals surface area contributed by atoms with Gasteiger partial charge < -0.3 is 14.4 Å². The number of amides is 1. The molecule has 0 unspecified atom stereocenters. The van der Waals surface area contributed by atoms with Crippen LogP contribution in [0.1, 0.15) is 15.9 Å². The van der Waals surface area contributed by atoms with Crippen LogP contribution in [-0.2, 0) is 6.54 Å². The predicted molar refractivity (Wildman–Crippen MR) is 94.5 cm³/mol. The van der Waals surface area contributed by atoms with E-state index >= 15 is 0 Å². The molecule has 23 heavy (non-hydrogen) atoms. The fourth-order valence-corrected chi connectivity index (χ4v) is 2.83. The zero-order chi connectivity index (χ0) is 17.0. The third kappa shape index (κ3) is 4.13. The summed E-state index contributed by atoms with van der Waals surface area (Å²) in [5.74, 6) is 0.651. The largest absolute Gasteiger partial charge is 0.493 e. The molecule has 0 N–H and O–H groups in total. The van der Waals surface area contributed by atoms with Crippen LogP contribution < -0.4 is 9.47 Å². The van der Waals surface area contributed by atoms with Crippen molar-refractivity contribution >= 4 is 28.5 Å². The van der Waals surface area contributed by atoms with Gasteiger partial charge in [-0.25, -0.2) is 4.39 Å². The maximum Gasteiger partial charge on any atom is 0.255 e. The zero-order valence-electron chi connectivity index (χ0n) is 13.1. The molecule has 0 spiro atoms. The Balaban J connectivity index is 2.23. The number of rotatable bonds is 5. The number of benzene rings is 2. The molecule has 2 aromatic carbocycles. The van der Waals surface area contributed by atoms with E-state index in [1.165, 1.54) is 19.2 Å². The molecule has 122 valence electrons. The number of halogens is 2. The summed E-state index contributed by atoms with van der Waals surface area (Å²) in [6.07, 6.45) is 0. The maximum atomic E-state index is 12.9. The first-order chi connectivity index (χ1) is 11.0. The third-order valence-corrected chi connectivity index (χ3v) is 4.28. The molecule has 1 amide bonds. The number of hydrogen-bond donors (Lipinski definition) is 0. The van der Waals surface area contributed by atoms with Gasteiger partial charge in [0.25, 0.3) is 5.91 Å². The Morgan fingerprint density at radius 3 is 2.26 bits per heavy atom. The lowest BCUT2D eigenvalue weighted by Crippen LogP contribution is -2.27. The van der Waals surface area contributed by atoms with Crippen molar-refractivity contribution in [2.75, 3.05) is 21.3 Å².